The lowest BCUT2D eigenvalue weighted by Gasteiger charge is -2.22. The first-order valence-electron chi connectivity index (χ1n) is 8.83. The summed E-state index contributed by atoms with van der Waals surface area (Å²) in [6.07, 6.45) is 3.72. The molecular weight excluding hydrogens is 411 g/mol. The van der Waals surface area contributed by atoms with Gasteiger partial charge in [0.2, 0.25) is 5.28 Å². The van der Waals surface area contributed by atoms with E-state index in [0.29, 0.717) is 42.7 Å². The highest BCUT2D eigenvalue weighted by Crippen LogP contribution is 2.33. The minimum atomic E-state index is -0.460. The molecule has 12 heteroatoms. The largest absolute Gasteiger partial charge is 0.472 e. The molecule has 1 N–H and O–H groups in total. The zero-order chi connectivity index (χ0) is 20.1. The lowest BCUT2D eigenvalue weighted by Crippen LogP contribution is -2.23. The predicted molar refractivity (Wildman–Crippen MR) is 103 cm³/mol. The van der Waals surface area contributed by atoms with Crippen LogP contribution >= 0.6 is 23.2 Å². The number of hydrogen-bond donors (Lipinski definition) is 1. The molecule has 28 heavy (non-hydrogen) atoms. The molecule has 0 aromatic carbocycles. The van der Waals surface area contributed by atoms with Crippen LogP contribution in [0.15, 0.2) is 6.20 Å². The molecule has 3 heterocycles. The van der Waals surface area contributed by atoms with E-state index in [1.54, 1.807) is 11.6 Å². The van der Waals surface area contributed by atoms with Crippen LogP contribution in [0.2, 0.25) is 10.3 Å². The molecular formula is C16H20Cl2N6O4. The van der Waals surface area contributed by atoms with Gasteiger partial charge in [0.05, 0.1) is 30.4 Å². The molecule has 152 valence electrons. The Morgan fingerprint density at radius 2 is 2.32 bits per heavy atom. The van der Waals surface area contributed by atoms with Crippen LogP contribution in [-0.2, 0) is 4.74 Å². The van der Waals surface area contributed by atoms with Gasteiger partial charge < -0.3 is 14.8 Å². The minimum Gasteiger partial charge on any atom is -0.472 e. The lowest BCUT2D eigenvalue weighted by atomic mass is 10.1. The SMILES string of the molecule is Cc1c([N+](=O)[O-])c(OCCCNc2nc(Cl)ncc2Cl)nn1C1CCCOC1. The van der Waals surface area contributed by atoms with Crippen LogP contribution in [0, 0.1) is 17.0 Å². The van der Waals surface area contributed by atoms with Gasteiger partial charge in [0.25, 0.3) is 0 Å². The van der Waals surface area contributed by atoms with Crippen LogP contribution in [0.25, 0.3) is 0 Å². The number of halogens is 2. The average Bonchev–Trinajstić information content (AvgIpc) is 3.01. The highest BCUT2D eigenvalue weighted by Gasteiger charge is 2.30. The molecule has 0 amide bonds. The summed E-state index contributed by atoms with van der Waals surface area (Å²) in [5, 5.41) is 19.3. The molecule has 10 nitrogen and oxygen atoms in total. The third-order valence-electron chi connectivity index (χ3n) is 4.32. The first kappa shape index (κ1) is 20.6. The third kappa shape index (κ3) is 4.81. The molecule has 1 aliphatic rings. The van der Waals surface area contributed by atoms with E-state index in [4.69, 9.17) is 32.7 Å². The Labute approximate surface area is 171 Å². The van der Waals surface area contributed by atoms with Crippen molar-refractivity contribution in [3.8, 4) is 5.88 Å². The molecule has 0 radical (unpaired) electrons. The summed E-state index contributed by atoms with van der Waals surface area (Å²) in [7, 11) is 0. The first-order chi connectivity index (χ1) is 13.5. The van der Waals surface area contributed by atoms with E-state index >= 15 is 0 Å². The molecule has 0 bridgehead atoms. The van der Waals surface area contributed by atoms with Crippen molar-refractivity contribution in [2.75, 3.05) is 31.7 Å². The topological polar surface area (TPSA) is 117 Å². The highest BCUT2D eigenvalue weighted by molar-refractivity contribution is 6.33. The summed E-state index contributed by atoms with van der Waals surface area (Å²) in [5.74, 6) is 0.446. The molecule has 1 atom stereocenters. The zero-order valence-electron chi connectivity index (χ0n) is 15.2. The van der Waals surface area contributed by atoms with E-state index in [9.17, 15) is 10.1 Å². The van der Waals surface area contributed by atoms with E-state index in [0.717, 1.165) is 12.8 Å². The molecule has 0 aliphatic carbocycles. The molecule has 1 saturated heterocycles. The van der Waals surface area contributed by atoms with Gasteiger partial charge in [0, 0.05) is 13.2 Å². The molecule has 2 aromatic heterocycles. The van der Waals surface area contributed by atoms with Gasteiger partial charge in [-0.3, -0.25) is 14.8 Å². The van der Waals surface area contributed by atoms with Crippen molar-refractivity contribution in [3.63, 3.8) is 0 Å². The van der Waals surface area contributed by atoms with Crippen LogP contribution in [0.4, 0.5) is 11.5 Å². The van der Waals surface area contributed by atoms with Crippen LogP contribution in [0.5, 0.6) is 5.88 Å². The molecule has 2 aromatic rings. The number of nitrogens with one attached hydrogen (secondary N) is 1. The number of rotatable bonds is 8. The van der Waals surface area contributed by atoms with Crippen molar-refractivity contribution in [2.24, 2.45) is 0 Å². The Kier molecular flexibility index (Phi) is 6.87. The van der Waals surface area contributed by atoms with Gasteiger partial charge in [-0.15, -0.1) is 5.10 Å². The standard InChI is InChI=1S/C16H20Cl2N6O4/c1-10-13(24(25)26)15(22-23(10)11-4-2-6-27-9-11)28-7-3-5-19-14-12(17)8-20-16(18)21-14/h8,11H,2-7,9H2,1H3,(H,19,20,21). The lowest BCUT2D eigenvalue weighted by molar-refractivity contribution is -0.386. The van der Waals surface area contributed by atoms with Crippen molar-refractivity contribution < 1.29 is 14.4 Å². The summed E-state index contributed by atoms with van der Waals surface area (Å²) in [5.41, 5.74) is 0.361. The summed E-state index contributed by atoms with van der Waals surface area (Å²) >= 11 is 11.7. The third-order valence-corrected chi connectivity index (χ3v) is 4.78. The maximum atomic E-state index is 11.5. The van der Waals surface area contributed by atoms with E-state index in [1.165, 1.54) is 6.20 Å². The van der Waals surface area contributed by atoms with E-state index in [1.807, 2.05) is 0 Å². The van der Waals surface area contributed by atoms with Gasteiger partial charge >= 0.3 is 11.6 Å². The summed E-state index contributed by atoms with van der Waals surface area (Å²) in [6.45, 7) is 3.59. The van der Waals surface area contributed by atoms with Crippen LogP contribution < -0.4 is 10.1 Å². The van der Waals surface area contributed by atoms with Crippen molar-refractivity contribution in [1.29, 1.82) is 0 Å². The monoisotopic (exact) mass is 430 g/mol. The molecule has 1 unspecified atom stereocenters. The van der Waals surface area contributed by atoms with Gasteiger partial charge in [-0.25, -0.2) is 4.98 Å². The Bertz CT molecular complexity index is 841. The van der Waals surface area contributed by atoms with Gasteiger partial charge in [-0.05, 0) is 37.8 Å². The quantitative estimate of drug-likeness (QED) is 0.292. The molecule has 0 saturated carbocycles. The maximum Gasteiger partial charge on any atom is 0.352 e. The number of nitrogens with zero attached hydrogens (tertiary/aromatic N) is 5. The van der Waals surface area contributed by atoms with Crippen molar-refractivity contribution in [3.05, 3.63) is 32.3 Å². The number of anilines is 1. The van der Waals surface area contributed by atoms with Crippen molar-refractivity contribution in [1.82, 2.24) is 19.7 Å². The number of nitro groups is 1. The Hall–Kier alpha value is -2.17. The summed E-state index contributed by atoms with van der Waals surface area (Å²) in [4.78, 5) is 18.8. The molecule has 3 rings (SSSR count). The second kappa shape index (κ2) is 9.35. The fourth-order valence-electron chi connectivity index (χ4n) is 2.98. The van der Waals surface area contributed by atoms with Gasteiger partial charge in [0.1, 0.15) is 16.5 Å². The van der Waals surface area contributed by atoms with Crippen LogP contribution in [0.3, 0.4) is 0 Å². The number of hydrogen-bond acceptors (Lipinski definition) is 8. The van der Waals surface area contributed by atoms with Crippen molar-refractivity contribution >= 4 is 34.7 Å². The van der Waals surface area contributed by atoms with E-state index in [-0.39, 0.29) is 29.5 Å². The fraction of sp³-hybridized carbons (Fsp3) is 0.562. The van der Waals surface area contributed by atoms with E-state index in [2.05, 4.69) is 20.4 Å². The molecule has 1 aliphatic heterocycles. The summed E-state index contributed by atoms with van der Waals surface area (Å²) in [6, 6.07) is -0.0175. The van der Waals surface area contributed by atoms with E-state index < -0.39 is 4.92 Å². The van der Waals surface area contributed by atoms with Gasteiger partial charge in [-0.2, -0.15) is 4.98 Å². The number of ether oxygens (including phenoxy) is 2. The van der Waals surface area contributed by atoms with Crippen molar-refractivity contribution in [2.45, 2.75) is 32.2 Å². The predicted octanol–water partition coefficient (Wildman–Crippen LogP) is 3.43. The second-order valence-corrected chi connectivity index (χ2v) is 7.02. The fourth-order valence-corrected chi connectivity index (χ4v) is 3.27. The molecule has 0 spiro atoms. The van der Waals surface area contributed by atoms with Gasteiger partial charge in [0.15, 0.2) is 0 Å². The number of aromatic nitrogens is 4. The Morgan fingerprint density at radius 1 is 1.50 bits per heavy atom. The van der Waals surface area contributed by atoms with Crippen LogP contribution in [-0.4, -0.2) is 51.0 Å². The maximum absolute atomic E-state index is 11.5. The molecule has 1 fully saturated rings. The van der Waals surface area contributed by atoms with Crippen LogP contribution in [0.1, 0.15) is 31.0 Å². The highest BCUT2D eigenvalue weighted by atomic mass is 35.5. The Balaban J connectivity index is 1.59. The van der Waals surface area contributed by atoms with Gasteiger partial charge in [-0.1, -0.05) is 11.6 Å². The minimum absolute atomic E-state index is 0.0175. The summed E-state index contributed by atoms with van der Waals surface area (Å²) < 4.78 is 12.7. The normalized spacial score (nSPS) is 16.8. The first-order valence-corrected chi connectivity index (χ1v) is 9.59. The average molecular weight is 431 g/mol. The second-order valence-electron chi connectivity index (χ2n) is 6.28. The zero-order valence-corrected chi connectivity index (χ0v) is 16.7. The smallest absolute Gasteiger partial charge is 0.352 e. The Morgan fingerprint density at radius 3 is 3.04 bits per heavy atom.